The van der Waals surface area contributed by atoms with Crippen LogP contribution in [0.1, 0.15) is 12.0 Å². The Kier molecular flexibility index (Phi) is 5.71. The van der Waals surface area contributed by atoms with Crippen molar-refractivity contribution in [1.82, 2.24) is 10.2 Å². The van der Waals surface area contributed by atoms with Gasteiger partial charge in [0.15, 0.2) is 9.84 Å². The van der Waals surface area contributed by atoms with Crippen LogP contribution in [0.15, 0.2) is 29.2 Å². The third kappa shape index (κ3) is 4.64. The van der Waals surface area contributed by atoms with Gasteiger partial charge in [-0.3, -0.25) is 14.5 Å². The van der Waals surface area contributed by atoms with Gasteiger partial charge < -0.3 is 5.32 Å². The number of carbonyl (C=O) groups excluding carboxylic acids is 2. The third-order valence-corrected chi connectivity index (χ3v) is 7.34. The van der Waals surface area contributed by atoms with Gasteiger partial charge in [-0.25, -0.2) is 8.42 Å². The van der Waals surface area contributed by atoms with Crippen LogP contribution in [0.5, 0.6) is 0 Å². The van der Waals surface area contributed by atoms with Gasteiger partial charge in [0.1, 0.15) is 10.9 Å². The molecule has 0 unspecified atom stereocenters. The molecule has 2 aliphatic heterocycles. The Balaban J connectivity index is 1.63. The smallest absolute Gasteiger partial charge is 0.266 e. The molecule has 0 radical (unpaired) electrons. The first kappa shape index (κ1) is 19.3. The second kappa shape index (κ2) is 7.67. The van der Waals surface area contributed by atoms with Gasteiger partial charge >= 0.3 is 0 Å². The molecule has 0 aliphatic carbocycles. The van der Waals surface area contributed by atoms with E-state index in [9.17, 15) is 18.0 Å². The molecule has 6 nitrogen and oxygen atoms in total. The molecule has 10 heteroatoms. The number of nitrogens with one attached hydrogen (secondary N) is 1. The van der Waals surface area contributed by atoms with Crippen molar-refractivity contribution in [2.24, 2.45) is 0 Å². The number of sulfone groups is 1. The van der Waals surface area contributed by atoms with E-state index in [-0.39, 0.29) is 24.0 Å². The topological polar surface area (TPSA) is 83.6 Å². The lowest BCUT2D eigenvalue weighted by molar-refractivity contribution is -0.129. The highest BCUT2D eigenvalue weighted by Gasteiger charge is 2.35. The Hall–Kier alpha value is -1.42. The fourth-order valence-corrected chi connectivity index (χ4v) is 5.73. The zero-order chi connectivity index (χ0) is 18.9. The van der Waals surface area contributed by atoms with Gasteiger partial charge in [0, 0.05) is 11.1 Å². The Morgan fingerprint density at radius 2 is 2.08 bits per heavy atom. The van der Waals surface area contributed by atoms with Crippen molar-refractivity contribution < 1.29 is 18.0 Å². The molecule has 2 amide bonds. The van der Waals surface area contributed by atoms with Crippen LogP contribution in [0.4, 0.5) is 0 Å². The number of hydrogen-bond donors (Lipinski definition) is 1. The number of thioether (sulfide) groups is 1. The minimum atomic E-state index is -3.08. The lowest BCUT2D eigenvalue weighted by atomic mass is 10.2. The van der Waals surface area contributed by atoms with E-state index in [1.807, 2.05) is 0 Å². The minimum absolute atomic E-state index is 0.0619. The van der Waals surface area contributed by atoms with Crippen molar-refractivity contribution >= 4 is 67.6 Å². The van der Waals surface area contributed by atoms with Gasteiger partial charge in [0.25, 0.3) is 5.91 Å². The molecule has 2 heterocycles. The van der Waals surface area contributed by atoms with Gasteiger partial charge in [-0.05, 0) is 30.2 Å². The third-order valence-electron chi connectivity index (χ3n) is 3.94. The van der Waals surface area contributed by atoms with Gasteiger partial charge in [0.2, 0.25) is 5.91 Å². The molecule has 2 saturated heterocycles. The van der Waals surface area contributed by atoms with E-state index >= 15 is 0 Å². The second-order valence-corrected chi connectivity index (χ2v) is 10.3. The summed E-state index contributed by atoms with van der Waals surface area (Å²) in [5, 5.41) is 3.26. The predicted molar refractivity (Wildman–Crippen MR) is 107 cm³/mol. The zero-order valence-electron chi connectivity index (χ0n) is 13.5. The molecule has 1 atom stereocenters. The van der Waals surface area contributed by atoms with Crippen molar-refractivity contribution in [2.75, 3.05) is 18.1 Å². The Morgan fingerprint density at radius 3 is 2.69 bits per heavy atom. The SMILES string of the molecule is O=C(CN1C(=O)/C(=C/c2ccc(Cl)cc2)SC1=S)N[C@@H]1CCS(=O)(=O)C1. The standard InChI is InChI=1S/C16H15ClN2O4S3/c17-11-3-1-10(2-4-11)7-13-15(21)19(16(24)25-13)8-14(20)18-12-5-6-26(22,23)9-12/h1-4,7,12H,5-6,8-9H2,(H,18,20)/b13-7-/t12-/m1/s1. The van der Waals surface area contributed by atoms with Crippen LogP contribution in [0.3, 0.4) is 0 Å². The summed E-state index contributed by atoms with van der Waals surface area (Å²) in [6.07, 6.45) is 2.08. The molecule has 0 saturated carbocycles. The second-order valence-electron chi connectivity index (χ2n) is 5.99. The molecule has 1 N–H and O–H groups in total. The Labute approximate surface area is 165 Å². The molecule has 1 aromatic carbocycles. The maximum Gasteiger partial charge on any atom is 0.266 e. The molecular weight excluding hydrogens is 416 g/mol. The fourth-order valence-electron chi connectivity index (χ4n) is 2.67. The van der Waals surface area contributed by atoms with Crippen molar-refractivity contribution in [1.29, 1.82) is 0 Å². The van der Waals surface area contributed by atoms with Gasteiger partial charge in [-0.1, -0.05) is 47.7 Å². The first-order valence-electron chi connectivity index (χ1n) is 7.74. The number of halogens is 1. The maximum absolute atomic E-state index is 12.5. The summed E-state index contributed by atoms with van der Waals surface area (Å²) >= 11 is 12.2. The molecular formula is C16H15ClN2O4S3. The molecule has 1 aromatic rings. The fraction of sp³-hybridized carbons (Fsp3) is 0.312. The van der Waals surface area contributed by atoms with Crippen LogP contribution >= 0.6 is 35.6 Å². The van der Waals surface area contributed by atoms with Crippen LogP contribution in [-0.4, -0.2) is 53.5 Å². The largest absolute Gasteiger partial charge is 0.351 e. The van der Waals surface area contributed by atoms with E-state index in [1.54, 1.807) is 30.3 Å². The lowest BCUT2D eigenvalue weighted by Gasteiger charge is -2.16. The summed E-state index contributed by atoms with van der Waals surface area (Å²) in [6, 6.07) is 6.59. The molecule has 138 valence electrons. The minimum Gasteiger partial charge on any atom is -0.351 e. The molecule has 26 heavy (non-hydrogen) atoms. The normalized spacial score (nSPS) is 23.7. The van der Waals surface area contributed by atoms with Crippen LogP contribution in [-0.2, 0) is 19.4 Å². The number of benzene rings is 1. The van der Waals surface area contributed by atoms with Crippen LogP contribution in [0, 0.1) is 0 Å². The molecule has 0 aromatic heterocycles. The Morgan fingerprint density at radius 1 is 1.38 bits per heavy atom. The predicted octanol–water partition coefficient (Wildman–Crippen LogP) is 1.84. The summed E-state index contributed by atoms with van der Waals surface area (Å²) < 4.78 is 23.2. The average molecular weight is 431 g/mol. The summed E-state index contributed by atoms with van der Waals surface area (Å²) in [5.41, 5.74) is 0.801. The summed E-state index contributed by atoms with van der Waals surface area (Å²) in [4.78, 5) is 26.3. The van der Waals surface area contributed by atoms with Crippen molar-refractivity contribution in [3.05, 3.63) is 39.8 Å². The van der Waals surface area contributed by atoms with Crippen molar-refractivity contribution in [2.45, 2.75) is 12.5 Å². The molecule has 2 fully saturated rings. The van der Waals surface area contributed by atoms with Crippen LogP contribution in [0.2, 0.25) is 5.02 Å². The first-order chi connectivity index (χ1) is 12.2. The van der Waals surface area contributed by atoms with E-state index in [0.717, 1.165) is 17.3 Å². The van der Waals surface area contributed by atoms with Crippen LogP contribution < -0.4 is 5.32 Å². The molecule has 0 spiro atoms. The summed E-state index contributed by atoms with van der Waals surface area (Å²) in [5.74, 6) is -0.753. The first-order valence-corrected chi connectivity index (χ1v) is 11.2. The van der Waals surface area contributed by atoms with Crippen molar-refractivity contribution in [3.8, 4) is 0 Å². The van der Waals surface area contributed by atoms with Crippen LogP contribution in [0.25, 0.3) is 6.08 Å². The number of hydrogen-bond acceptors (Lipinski definition) is 6. The van der Waals surface area contributed by atoms with E-state index in [2.05, 4.69) is 5.32 Å². The lowest BCUT2D eigenvalue weighted by Crippen LogP contribution is -2.43. The summed E-state index contributed by atoms with van der Waals surface area (Å²) in [6.45, 7) is -0.223. The Bertz CT molecular complexity index is 897. The highest BCUT2D eigenvalue weighted by atomic mass is 35.5. The van der Waals surface area contributed by atoms with E-state index in [4.69, 9.17) is 23.8 Å². The highest BCUT2D eigenvalue weighted by molar-refractivity contribution is 8.26. The quantitative estimate of drug-likeness (QED) is 0.579. The molecule has 0 bridgehead atoms. The van der Waals surface area contributed by atoms with Gasteiger partial charge in [0.05, 0.1) is 16.4 Å². The van der Waals surface area contributed by atoms with Crippen molar-refractivity contribution in [3.63, 3.8) is 0 Å². The number of carbonyl (C=O) groups is 2. The van der Waals surface area contributed by atoms with E-state index < -0.39 is 21.8 Å². The summed E-state index contributed by atoms with van der Waals surface area (Å²) in [7, 11) is -3.08. The number of rotatable bonds is 4. The van der Waals surface area contributed by atoms with E-state index in [1.165, 1.54) is 4.90 Å². The monoisotopic (exact) mass is 430 g/mol. The van der Waals surface area contributed by atoms with Gasteiger partial charge in [-0.15, -0.1) is 0 Å². The zero-order valence-corrected chi connectivity index (χ0v) is 16.7. The molecule has 3 rings (SSSR count). The van der Waals surface area contributed by atoms with E-state index in [0.29, 0.717) is 20.7 Å². The highest BCUT2D eigenvalue weighted by Crippen LogP contribution is 2.32. The molecule has 2 aliphatic rings. The average Bonchev–Trinajstić information content (AvgIpc) is 3.03. The number of amides is 2. The number of thiocarbonyl (C=S) groups is 1. The van der Waals surface area contributed by atoms with Gasteiger partial charge in [-0.2, -0.15) is 0 Å². The maximum atomic E-state index is 12.5. The number of nitrogens with zero attached hydrogens (tertiary/aromatic N) is 1.